The maximum absolute atomic E-state index is 4.42. The third-order valence-electron chi connectivity index (χ3n) is 4.41. The Bertz CT molecular complexity index is 792. The lowest BCUT2D eigenvalue weighted by Gasteiger charge is -2.25. The summed E-state index contributed by atoms with van der Waals surface area (Å²) in [7, 11) is 0. The first-order chi connectivity index (χ1) is 11.4. The number of para-hydroxylation sites is 2. The Labute approximate surface area is 140 Å². The molecular formula is C18H20N4S. The highest BCUT2D eigenvalue weighted by atomic mass is 32.1. The summed E-state index contributed by atoms with van der Waals surface area (Å²) in [6.45, 7) is 0. The molecule has 2 N–H and O–H groups in total. The molecule has 0 saturated heterocycles. The summed E-state index contributed by atoms with van der Waals surface area (Å²) in [4.78, 5) is 9.74. The molecule has 0 atom stereocenters. The topological polar surface area (TPSA) is 49.8 Å². The van der Waals surface area contributed by atoms with E-state index in [4.69, 9.17) is 0 Å². The summed E-state index contributed by atoms with van der Waals surface area (Å²) in [5.74, 6) is 0.870. The van der Waals surface area contributed by atoms with Crippen LogP contribution in [-0.4, -0.2) is 16.0 Å². The normalized spacial score (nSPS) is 15.7. The Balaban J connectivity index is 1.60. The standard InChI is InChI=1S/C18H20N4S/c1-2-6-13(7-3-1)21-15-8-4-5-9-16(15)22-17-14-10-11-23-18(14)20-12-19-17/h4-5,8-13,21H,1-3,6-7H2,(H,19,20,22). The predicted molar refractivity (Wildman–Crippen MR) is 97.6 cm³/mol. The van der Waals surface area contributed by atoms with Crippen LogP contribution >= 0.6 is 11.3 Å². The summed E-state index contributed by atoms with van der Waals surface area (Å²) in [5, 5.41) is 10.3. The smallest absolute Gasteiger partial charge is 0.142 e. The van der Waals surface area contributed by atoms with Crippen LogP contribution in [-0.2, 0) is 0 Å². The van der Waals surface area contributed by atoms with Crippen LogP contribution in [0.2, 0.25) is 0 Å². The van der Waals surface area contributed by atoms with Crippen molar-refractivity contribution in [3.63, 3.8) is 0 Å². The molecule has 5 heteroatoms. The van der Waals surface area contributed by atoms with E-state index in [0.29, 0.717) is 6.04 Å². The van der Waals surface area contributed by atoms with Crippen LogP contribution in [0.25, 0.3) is 10.2 Å². The molecule has 1 saturated carbocycles. The molecule has 118 valence electrons. The fraction of sp³-hybridized carbons (Fsp3) is 0.333. The van der Waals surface area contributed by atoms with Crippen LogP contribution in [0.1, 0.15) is 32.1 Å². The average Bonchev–Trinajstić information content (AvgIpc) is 3.07. The predicted octanol–water partition coefficient (Wildman–Crippen LogP) is 5.18. The zero-order valence-electron chi connectivity index (χ0n) is 13.0. The molecule has 1 aliphatic rings. The number of anilines is 3. The van der Waals surface area contributed by atoms with Crippen molar-refractivity contribution in [2.24, 2.45) is 0 Å². The molecule has 0 radical (unpaired) electrons. The Hall–Kier alpha value is -2.14. The van der Waals surface area contributed by atoms with Gasteiger partial charge in [0.25, 0.3) is 0 Å². The van der Waals surface area contributed by atoms with Gasteiger partial charge in [0.15, 0.2) is 0 Å². The highest BCUT2D eigenvalue weighted by molar-refractivity contribution is 7.16. The molecule has 0 unspecified atom stereocenters. The zero-order chi connectivity index (χ0) is 15.5. The van der Waals surface area contributed by atoms with E-state index < -0.39 is 0 Å². The number of benzene rings is 1. The summed E-state index contributed by atoms with van der Waals surface area (Å²) >= 11 is 1.64. The molecule has 0 bridgehead atoms. The first-order valence-electron chi connectivity index (χ1n) is 8.21. The summed E-state index contributed by atoms with van der Waals surface area (Å²) in [6.07, 6.45) is 8.17. The van der Waals surface area contributed by atoms with E-state index in [-0.39, 0.29) is 0 Å². The quantitative estimate of drug-likeness (QED) is 0.694. The van der Waals surface area contributed by atoms with Crippen LogP contribution < -0.4 is 10.6 Å². The number of thiophene rings is 1. The molecule has 1 fully saturated rings. The third-order valence-corrected chi connectivity index (χ3v) is 5.23. The average molecular weight is 324 g/mol. The van der Waals surface area contributed by atoms with E-state index in [1.165, 1.54) is 32.1 Å². The van der Waals surface area contributed by atoms with E-state index in [9.17, 15) is 0 Å². The molecule has 2 heterocycles. The van der Waals surface area contributed by atoms with E-state index in [1.807, 2.05) is 0 Å². The SMILES string of the molecule is c1ccc(NC2CCCCC2)c(Nc2ncnc3sccc23)c1. The van der Waals surface area contributed by atoms with Crippen LogP contribution in [0, 0.1) is 0 Å². The summed E-state index contributed by atoms with van der Waals surface area (Å²) in [6, 6.07) is 11.0. The number of fused-ring (bicyclic) bond motifs is 1. The number of rotatable bonds is 4. The Morgan fingerprint density at radius 2 is 1.78 bits per heavy atom. The van der Waals surface area contributed by atoms with Gasteiger partial charge in [-0.15, -0.1) is 11.3 Å². The fourth-order valence-corrected chi connectivity index (χ4v) is 3.93. The van der Waals surface area contributed by atoms with Gasteiger partial charge in [0.2, 0.25) is 0 Å². The van der Waals surface area contributed by atoms with Gasteiger partial charge >= 0.3 is 0 Å². The molecule has 23 heavy (non-hydrogen) atoms. The minimum Gasteiger partial charge on any atom is -0.381 e. The number of hydrogen-bond donors (Lipinski definition) is 2. The van der Waals surface area contributed by atoms with Crippen molar-refractivity contribution >= 4 is 38.7 Å². The molecule has 1 aliphatic carbocycles. The maximum Gasteiger partial charge on any atom is 0.142 e. The van der Waals surface area contributed by atoms with E-state index >= 15 is 0 Å². The zero-order valence-corrected chi connectivity index (χ0v) is 13.8. The van der Waals surface area contributed by atoms with Gasteiger partial charge in [-0.25, -0.2) is 9.97 Å². The molecular weight excluding hydrogens is 304 g/mol. The van der Waals surface area contributed by atoms with Gasteiger partial charge in [-0.3, -0.25) is 0 Å². The van der Waals surface area contributed by atoms with Crippen molar-refractivity contribution < 1.29 is 0 Å². The molecule has 0 aliphatic heterocycles. The fourth-order valence-electron chi connectivity index (χ4n) is 3.20. The molecule has 0 amide bonds. The lowest BCUT2D eigenvalue weighted by atomic mass is 9.95. The van der Waals surface area contributed by atoms with Gasteiger partial charge in [0.05, 0.1) is 16.8 Å². The monoisotopic (exact) mass is 324 g/mol. The van der Waals surface area contributed by atoms with Crippen LogP contribution in [0.5, 0.6) is 0 Å². The first-order valence-corrected chi connectivity index (χ1v) is 9.09. The van der Waals surface area contributed by atoms with E-state index in [2.05, 4.69) is 56.3 Å². The van der Waals surface area contributed by atoms with E-state index in [1.54, 1.807) is 17.7 Å². The Kier molecular flexibility index (Phi) is 4.11. The number of aromatic nitrogens is 2. The molecule has 3 aromatic rings. The Morgan fingerprint density at radius 3 is 2.65 bits per heavy atom. The summed E-state index contributed by atoms with van der Waals surface area (Å²) in [5.41, 5.74) is 2.23. The van der Waals surface area contributed by atoms with Gasteiger partial charge in [0, 0.05) is 6.04 Å². The second-order valence-corrected chi connectivity index (χ2v) is 6.91. The van der Waals surface area contributed by atoms with Crippen molar-refractivity contribution in [2.45, 2.75) is 38.1 Å². The molecule has 4 rings (SSSR count). The maximum atomic E-state index is 4.42. The third kappa shape index (κ3) is 3.15. The molecule has 0 spiro atoms. The van der Waals surface area contributed by atoms with Gasteiger partial charge < -0.3 is 10.6 Å². The lowest BCUT2D eigenvalue weighted by molar-refractivity contribution is 0.463. The molecule has 1 aromatic carbocycles. The summed E-state index contributed by atoms with van der Waals surface area (Å²) < 4.78 is 0. The number of nitrogens with zero attached hydrogens (tertiary/aromatic N) is 2. The number of hydrogen-bond acceptors (Lipinski definition) is 5. The van der Waals surface area contributed by atoms with Gasteiger partial charge in [-0.05, 0) is 36.4 Å². The van der Waals surface area contributed by atoms with Crippen LogP contribution in [0.3, 0.4) is 0 Å². The van der Waals surface area contributed by atoms with Gasteiger partial charge in [-0.1, -0.05) is 31.4 Å². The van der Waals surface area contributed by atoms with Crippen LogP contribution in [0.4, 0.5) is 17.2 Å². The van der Waals surface area contributed by atoms with Crippen LogP contribution in [0.15, 0.2) is 42.0 Å². The first kappa shape index (κ1) is 14.5. The highest BCUT2D eigenvalue weighted by Crippen LogP contribution is 2.31. The van der Waals surface area contributed by atoms with Gasteiger partial charge in [0.1, 0.15) is 17.0 Å². The van der Waals surface area contributed by atoms with Crippen molar-refractivity contribution in [2.75, 3.05) is 10.6 Å². The largest absolute Gasteiger partial charge is 0.381 e. The highest BCUT2D eigenvalue weighted by Gasteiger charge is 2.15. The number of nitrogens with one attached hydrogen (secondary N) is 2. The van der Waals surface area contributed by atoms with Gasteiger partial charge in [-0.2, -0.15) is 0 Å². The van der Waals surface area contributed by atoms with Crippen molar-refractivity contribution in [1.29, 1.82) is 0 Å². The second-order valence-electron chi connectivity index (χ2n) is 6.01. The minimum atomic E-state index is 0.582. The minimum absolute atomic E-state index is 0.582. The molecule has 4 nitrogen and oxygen atoms in total. The van der Waals surface area contributed by atoms with Crippen molar-refractivity contribution in [3.8, 4) is 0 Å². The Morgan fingerprint density at radius 1 is 0.957 bits per heavy atom. The molecule has 2 aromatic heterocycles. The lowest BCUT2D eigenvalue weighted by Crippen LogP contribution is -2.22. The van der Waals surface area contributed by atoms with E-state index in [0.717, 1.165) is 27.4 Å². The second kappa shape index (κ2) is 6.54. The van der Waals surface area contributed by atoms with Crippen molar-refractivity contribution in [1.82, 2.24) is 9.97 Å². The van der Waals surface area contributed by atoms with Crippen molar-refractivity contribution in [3.05, 3.63) is 42.0 Å².